The SMILES string of the molecule is c1ccc(CCN2CCN(Cc3nnc(-c4cccs4)o3)CC2)cc1. The van der Waals surface area contributed by atoms with Crippen LogP contribution >= 0.6 is 11.3 Å². The zero-order valence-corrected chi connectivity index (χ0v) is 15.0. The highest BCUT2D eigenvalue weighted by molar-refractivity contribution is 7.13. The molecule has 5 nitrogen and oxygen atoms in total. The molecule has 0 unspecified atom stereocenters. The first-order valence-corrected chi connectivity index (χ1v) is 9.60. The Morgan fingerprint density at radius 1 is 0.920 bits per heavy atom. The summed E-state index contributed by atoms with van der Waals surface area (Å²) in [4.78, 5) is 5.96. The van der Waals surface area contributed by atoms with Crippen molar-refractivity contribution in [3.05, 3.63) is 59.3 Å². The van der Waals surface area contributed by atoms with Gasteiger partial charge < -0.3 is 9.32 Å². The summed E-state index contributed by atoms with van der Waals surface area (Å²) < 4.78 is 5.80. The fraction of sp³-hybridized carbons (Fsp3) is 0.368. The summed E-state index contributed by atoms with van der Waals surface area (Å²) in [6.07, 6.45) is 1.12. The molecule has 0 saturated carbocycles. The van der Waals surface area contributed by atoms with Crippen LogP contribution in [0, 0.1) is 0 Å². The van der Waals surface area contributed by atoms with Crippen molar-refractivity contribution in [3.63, 3.8) is 0 Å². The molecule has 130 valence electrons. The first-order valence-electron chi connectivity index (χ1n) is 8.72. The smallest absolute Gasteiger partial charge is 0.257 e. The van der Waals surface area contributed by atoms with Crippen LogP contribution in [0.1, 0.15) is 11.5 Å². The Hall–Kier alpha value is -2.02. The number of thiophene rings is 1. The molecule has 0 N–H and O–H groups in total. The van der Waals surface area contributed by atoms with E-state index in [9.17, 15) is 0 Å². The zero-order valence-electron chi connectivity index (χ0n) is 14.2. The number of rotatable bonds is 6. The van der Waals surface area contributed by atoms with E-state index in [1.54, 1.807) is 11.3 Å². The van der Waals surface area contributed by atoms with Crippen molar-refractivity contribution >= 4 is 11.3 Å². The van der Waals surface area contributed by atoms with Crippen molar-refractivity contribution in [2.75, 3.05) is 32.7 Å². The summed E-state index contributed by atoms with van der Waals surface area (Å²) in [5, 5.41) is 10.4. The van der Waals surface area contributed by atoms with Crippen LogP contribution in [0.5, 0.6) is 0 Å². The Kier molecular flexibility index (Phi) is 5.20. The first-order chi connectivity index (χ1) is 12.4. The van der Waals surface area contributed by atoms with E-state index < -0.39 is 0 Å². The maximum Gasteiger partial charge on any atom is 0.257 e. The predicted octanol–water partition coefficient (Wildman–Crippen LogP) is 3.16. The third-order valence-corrected chi connectivity index (χ3v) is 5.44. The first kappa shape index (κ1) is 16.4. The molecule has 1 aliphatic rings. The van der Waals surface area contributed by atoms with Crippen LogP contribution in [-0.2, 0) is 13.0 Å². The topological polar surface area (TPSA) is 45.4 Å². The van der Waals surface area contributed by atoms with Gasteiger partial charge in [0.2, 0.25) is 5.89 Å². The van der Waals surface area contributed by atoms with Crippen molar-refractivity contribution in [1.29, 1.82) is 0 Å². The third kappa shape index (κ3) is 4.34. The molecule has 0 atom stereocenters. The largest absolute Gasteiger partial charge is 0.419 e. The third-order valence-electron chi connectivity index (χ3n) is 4.58. The standard InChI is InChI=1S/C19H22N4OS/c1-2-5-16(6-3-1)8-9-22-10-12-23(13-11-22)15-18-20-21-19(24-18)17-7-4-14-25-17/h1-7,14H,8-13,15H2. The Morgan fingerprint density at radius 3 is 2.48 bits per heavy atom. The van der Waals surface area contributed by atoms with Gasteiger partial charge in [-0.3, -0.25) is 4.90 Å². The van der Waals surface area contributed by atoms with Gasteiger partial charge in [0.05, 0.1) is 11.4 Å². The Morgan fingerprint density at radius 2 is 1.72 bits per heavy atom. The van der Waals surface area contributed by atoms with E-state index in [2.05, 4.69) is 50.3 Å². The lowest BCUT2D eigenvalue weighted by Crippen LogP contribution is -2.46. The molecule has 3 aromatic rings. The minimum absolute atomic E-state index is 0.631. The average Bonchev–Trinajstić information content (AvgIpc) is 3.34. The molecule has 0 aliphatic carbocycles. The molecule has 0 spiro atoms. The number of nitrogens with zero attached hydrogens (tertiary/aromatic N) is 4. The number of hydrogen-bond donors (Lipinski definition) is 0. The van der Waals surface area contributed by atoms with E-state index in [0.717, 1.165) is 50.6 Å². The molecule has 4 rings (SSSR count). The molecule has 2 aromatic heterocycles. The van der Waals surface area contributed by atoms with E-state index >= 15 is 0 Å². The molecule has 0 radical (unpaired) electrons. The lowest BCUT2D eigenvalue weighted by atomic mass is 10.1. The van der Waals surface area contributed by atoms with Crippen LogP contribution in [0.3, 0.4) is 0 Å². The monoisotopic (exact) mass is 354 g/mol. The quantitative estimate of drug-likeness (QED) is 0.680. The highest BCUT2D eigenvalue weighted by Crippen LogP contribution is 2.23. The van der Waals surface area contributed by atoms with Gasteiger partial charge >= 0.3 is 0 Å². The summed E-state index contributed by atoms with van der Waals surface area (Å²) in [6, 6.07) is 14.7. The minimum atomic E-state index is 0.631. The van der Waals surface area contributed by atoms with Gasteiger partial charge in [-0.05, 0) is 23.4 Å². The van der Waals surface area contributed by atoms with Crippen molar-refractivity contribution in [2.24, 2.45) is 0 Å². The molecule has 1 saturated heterocycles. The Balaban J connectivity index is 1.24. The van der Waals surface area contributed by atoms with Gasteiger partial charge in [-0.2, -0.15) is 0 Å². The van der Waals surface area contributed by atoms with Crippen molar-refractivity contribution in [3.8, 4) is 10.8 Å². The summed E-state index contributed by atoms with van der Waals surface area (Å²) in [7, 11) is 0. The molecule has 3 heterocycles. The van der Waals surface area contributed by atoms with Gasteiger partial charge in [-0.1, -0.05) is 36.4 Å². The number of piperazine rings is 1. The van der Waals surface area contributed by atoms with E-state index in [1.165, 1.54) is 5.56 Å². The second-order valence-corrected chi connectivity index (χ2v) is 7.28. The van der Waals surface area contributed by atoms with E-state index in [4.69, 9.17) is 4.42 Å². The lowest BCUT2D eigenvalue weighted by molar-refractivity contribution is 0.120. The maximum absolute atomic E-state index is 5.80. The molecule has 6 heteroatoms. The molecule has 0 amide bonds. The fourth-order valence-corrected chi connectivity index (χ4v) is 3.76. The molecule has 1 fully saturated rings. The number of hydrogen-bond acceptors (Lipinski definition) is 6. The van der Waals surface area contributed by atoms with Crippen LogP contribution in [0.4, 0.5) is 0 Å². The average molecular weight is 354 g/mol. The van der Waals surface area contributed by atoms with Crippen LogP contribution in [0.15, 0.2) is 52.3 Å². The zero-order chi connectivity index (χ0) is 16.9. The van der Waals surface area contributed by atoms with Gasteiger partial charge in [0.15, 0.2) is 0 Å². The van der Waals surface area contributed by atoms with E-state index in [1.807, 2.05) is 17.5 Å². The van der Waals surface area contributed by atoms with Gasteiger partial charge in [0.1, 0.15) is 0 Å². The highest BCUT2D eigenvalue weighted by atomic mass is 32.1. The predicted molar refractivity (Wildman–Crippen MR) is 99.5 cm³/mol. The van der Waals surface area contributed by atoms with Gasteiger partial charge in [0, 0.05) is 32.7 Å². The van der Waals surface area contributed by atoms with Crippen molar-refractivity contribution in [2.45, 2.75) is 13.0 Å². The van der Waals surface area contributed by atoms with E-state index in [0.29, 0.717) is 11.8 Å². The van der Waals surface area contributed by atoms with Crippen LogP contribution in [-0.4, -0.2) is 52.7 Å². The summed E-state index contributed by atoms with van der Waals surface area (Å²) in [5.41, 5.74) is 1.41. The van der Waals surface area contributed by atoms with Crippen molar-refractivity contribution in [1.82, 2.24) is 20.0 Å². The van der Waals surface area contributed by atoms with Crippen LogP contribution in [0.25, 0.3) is 10.8 Å². The molecular weight excluding hydrogens is 332 g/mol. The number of benzene rings is 1. The lowest BCUT2D eigenvalue weighted by Gasteiger charge is -2.33. The Labute approximate surface area is 151 Å². The highest BCUT2D eigenvalue weighted by Gasteiger charge is 2.19. The van der Waals surface area contributed by atoms with Gasteiger partial charge in [-0.15, -0.1) is 21.5 Å². The molecule has 0 bridgehead atoms. The minimum Gasteiger partial charge on any atom is -0.419 e. The second kappa shape index (κ2) is 7.91. The molecule has 25 heavy (non-hydrogen) atoms. The summed E-state index contributed by atoms with van der Waals surface area (Å²) in [6.45, 7) is 6.15. The van der Waals surface area contributed by atoms with Crippen molar-refractivity contribution < 1.29 is 4.42 Å². The molecule has 1 aromatic carbocycles. The molecular formula is C19H22N4OS. The Bertz CT molecular complexity index is 764. The summed E-state index contributed by atoms with van der Waals surface area (Å²) in [5.74, 6) is 1.34. The number of aromatic nitrogens is 2. The maximum atomic E-state index is 5.80. The second-order valence-electron chi connectivity index (χ2n) is 6.33. The van der Waals surface area contributed by atoms with Crippen LogP contribution < -0.4 is 0 Å². The van der Waals surface area contributed by atoms with Gasteiger partial charge in [-0.25, -0.2) is 0 Å². The van der Waals surface area contributed by atoms with Gasteiger partial charge in [0.25, 0.3) is 5.89 Å². The summed E-state index contributed by atoms with van der Waals surface area (Å²) >= 11 is 1.62. The van der Waals surface area contributed by atoms with E-state index in [-0.39, 0.29) is 0 Å². The van der Waals surface area contributed by atoms with Crippen LogP contribution in [0.2, 0.25) is 0 Å². The fourth-order valence-electron chi connectivity index (χ4n) is 3.11. The molecule has 1 aliphatic heterocycles. The normalized spacial score (nSPS) is 16.3.